The number of aryl methyl sites for hydroxylation is 1. The minimum atomic E-state index is -0.491. The Morgan fingerprint density at radius 3 is 2.38 bits per heavy atom. The van der Waals surface area contributed by atoms with Crippen molar-refractivity contribution < 1.29 is 4.79 Å². The number of pyridine rings is 1. The zero-order valence-electron chi connectivity index (χ0n) is 12.9. The third kappa shape index (κ3) is 2.84. The molecule has 0 aliphatic carbocycles. The smallest absolute Gasteiger partial charge is 0.321 e. The number of rotatable bonds is 2. The van der Waals surface area contributed by atoms with Crippen LogP contribution in [0, 0.1) is 3.57 Å². The molecular weight excluding hydrogens is 423 g/mol. The van der Waals surface area contributed by atoms with Gasteiger partial charge in [0.05, 0.1) is 5.39 Å². The van der Waals surface area contributed by atoms with Crippen molar-refractivity contribution in [2.45, 2.75) is 0 Å². The summed E-state index contributed by atoms with van der Waals surface area (Å²) < 4.78 is 3.31. The van der Waals surface area contributed by atoms with Crippen LogP contribution in [0.3, 0.4) is 0 Å². The third-order valence-electron chi connectivity index (χ3n) is 3.64. The highest BCUT2D eigenvalue weighted by molar-refractivity contribution is 14.1. The van der Waals surface area contributed by atoms with E-state index in [2.05, 4.69) is 32.9 Å². The number of carbonyl (C=O) groups is 1. The van der Waals surface area contributed by atoms with E-state index >= 15 is 0 Å². The second kappa shape index (κ2) is 6.19. The number of anilines is 1. The van der Waals surface area contributed by atoms with E-state index in [9.17, 15) is 14.4 Å². The Morgan fingerprint density at radius 1 is 1.04 bits per heavy atom. The van der Waals surface area contributed by atoms with Crippen molar-refractivity contribution in [3.8, 4) is 0 Å². The maximum atomic E-state index is 12.3. The molecule has 1 N–H and O–H groups in total. The van der Waals surface area contributed by atoms with Crippen molar-refractivity contribution in [2.75, 3.05) is 5.32 Å². The number of nitrogens with zero attached hydrogens (tertiary/aromatic N) is 3. The predicted molar refractivity (Wildman–Crippen MR) is 99.3 cm³/mol. The van der Waals surface area contributed by atoms with Crippen LogP contribution < -0.4 is 16.6 Å². The van der Waals surface area contributed by atoms with Crippen LogP contribution in [0.25, 0.3) is 11.0 Å². The average Bonchev–Trinajstić information content (AvgIpc) is 2.59. The quantitative estimate of drug-likeness (QED) is 0.617. The van der Waals surface area contributed by atoms with Gasteiger partial charge >= 0.3 is 5.69 Å². The summed E-state index contributed by atoms with van der Waals surface area (Å²) in [6.07, 6.45) is 0. The normalized spacial score (nSPS) is 10.8. The number of benzene rings is 1. The van der Waals surface area contributed by atoms with Crippen molar-refractivity contribution >= 4 is 45.2 Å². The number of nitrogens with one attached hydrogen (secondary N) is 1. The fraction of sp³-hybridized carbons (Fsp3) is 0.125. The standard InChI is InChI=1S/C16H13IN4O3/c1-20-13-11(15(23)21(2)16(20)24)7-8-12(19-13)14(22)18-10-5-3-9(17)4-6-10/h3-8H,1-2H3,(H,18,22). The van der Waals surface area contributed by atoms with Crippen molar-refractivity contribution in [1.82, 2.24) is 14.1 Å². The van der Waals surface area contributed by atoms with Gasteiger partial charge in [0.1, 0.15) is 11.3 Å². The lowest BCUT2D eigenvalue weighted by molar-refractivity contribution is 0.102. The van der Waals surface area contributed by atoms with Crippen LogP contribution in [0.1, 0.15) is 10.5 Å². The number of hydrogen-bond acceptors (Lipinski definition) is 4. The molecule has 3 rings (SSSR count). The summed E-state index contributed by atoms with van der Waals surface area (Å²) in [5.41, 5.74) is 0.0169. The monoisotopic (exact) mass is 436 g/mol. The number of amides is 1. The summed E-state index contributed by atoms with van der Waals surface area (Å²) >= 11 is 2.17. The molecule has 1 amide bonds. The van der Waals surface area contributed by atoms with E-state index in [1.807, 2.05) is 12.1 Å². The van der Waals surface area contributed by atoms with Crippen LogP contribution in [0.5, 0.6) is 0 Å². The minimum absolute atomic E-state index is 0.129. The van der Waals surface area contributed by atoms with Gasteiger partial charge in [0, 0.05) is 23.4 Å². The van der Waals surface area contributed by atoms with Crippen LogP contribution >= 0.6 is 22.6 Å². The van der Waals surface area contributed by atoms with E-state index in [-0.39, 0.29) is 16.7 Å². The predicted octanol–water partition coefficient (Wildman–Crippen LogP) is 1.49. The highest BCUT2D eigenvalue weighted by Gasteiger charge is 2.14. The van der Waals surface area contributed by atoms with Crippen LogP contribution in [0.2, 0.25) is 0 Å². The van der Waals surface area contributed by atoms with E-state index in [1.54, 1.807) is 12.1 Å². The second-order valence-electron chi connectivity index (χ2n) is 5.23. The van der Waals surface area contributed by atoms with Crippen LogP contribution in [0.15, 0.2) is 46.0 Å². The van der Waals surface area contributed by atoms with Crippen LogP contribution in [-0.4, -0.2) is 20.0 Å². The molecule has 122 valence electrons. The van der Waals surface area contributed by atoms with Crippen molar-refractivity contribution in [2.24, 2.45) is 14.1 Å². The van der Waals surface area contributed by atoms with Gasteiger partial charge in [0.25, 0.3) is 11.5 Å². The Bertz CT molecular complexity index is 1070. The zero-order chi connectivity index (χ0) is 17.4. The first-order valence-electron chi connectivity index (χ1n) is 7.02. The molecule has 2 aromatic heterocycles. The summed E-state index contributed by atoms with van der Waals surface area (Å²) in [4.78, 5) is 40.6. The molecule has 0 saturated heterocycles. The summed E-state index contributed by atoms with van der Waals surface area (Å²) in [6.45, 7) is 0. The molecule has 2 heterocycles. The molecule has 0 unspecified atom stereocenters. The van der Waals surface area contributed by atoms with Gasteiger partial charge in [-0.25, -0.2) is 9.78 Å². The average molecular weight is 436 g/mol. The fourth-order valence-electron chi connectivity index (χ4n) is 2.31. The Morgan fingerprint density at radius 2 is 1.71 bits per heavy atom. The minimum Gasteiger partial charge on any atom is -0.321 e. The van der Waals surface area contributed by atoms with Crippen molar-refractivity contribution in [3.63, 3.8) is 0 Å². The summed E-state index contributed by atoms with van der Waals surface area (Å²) in [7, 11) is 2.92. The molecular formula is C16H13IN4O3. The molecule has 0 atom stereocenters. The number of fused-ring (bicyclic) bond motifs is 1. The Balaban J connectivity index is 2.04. The van der Waals surface area contributed by atoms with Crippen molar-refractivity contribution in [3.05, 3.63) is 66.5 Å². The van der Waals surface area contributed by atoms with Gasteiger partial charge in [-0.05, 0) is 59.0 Å². The molecule has 0 spiro atoms. The topological polar surface area (TPSA) is 86.0 Å². The Kier molecular flexibility index (Phi) is 4.22. The number of halogens is 1. The maximum absolute atomic E-state index is 12.3. The molecule has 3 aromatic rings. The van der Waals surface area contributed by atoms with Gasteiger partial charge in [0.2, 0.25) is 0 Å². The van der Waals surface area contributed by atoms with Gasteiger partial charge in [-0.3, -0.25) is 18.7 Å². The molecule has 7 nitrogen and oxygen atoms in total. The molecule has 0 radical (unpaired) electrons. The van der Waals surface area contributed by atoms with E-state index in [4.69, 9.17) is 0 Å². The van der Waals surface area contributed by atoms with E-state index in [1.165, 1.54) is 30.8 Å². The zero-order valence-corrected chi connectivity index (χ0v) is 15.1. The lowest BCUT2D eigenvalue weighted by Gasteiger charge is -2.09. The van der Waals surface area contributed by atoms with Crippen LogP contribution in [0.4, 0.5) is 5.69 Å². The first kappa shape index (κ1) is 16.4. The maximum Gasteiger partial charge on any atom is 0.332 e. The molecule has 1 aromatic carbocycles. The number of carbonyl (C=O) groups excluding carboxylic acids is 1. The molecule has 0 fully saturated rings. The molecule has 0 saturated carbocycles. The number of aromatic nitrogens is 3. The largest absolute Gasteiger partial charge is 0.332 e. The SMILES string of the molecule is Cn1c(=O)c2ccc(C(=O)Nc3ccc(I)cc3)nc2n(C)c1=O. The molecule has 8 heteroatoms. The number of hydrogen-bond donors (Lipinski definition) is 1. The first-order valence-corrected chi connectivity index (χ1v) is 8.10. The second-order valence-corrected chi connectivity index (χ2v) is 6.48. The van der Waals surface area contributed by atoms with Crippen LogP contribution in [-0.2, 0) is 14.1 Å². The van der Waals surface area contributed by atoms with Gasteiger partial charge in [-0.2, -0.15) is 0 Å². The van der Waals surface area contributed by atoms with Gasteiger partial charge in [0.15, 0.2) is 0 Å². The van der Waals surface area contributed by atoms with Gasteiger partial charge in [-0.1, -0.05) is 0 Å². The summed E-state index contributed by atoms with van der Waals surface area (Å²) in [5, 5.41) is 3.02. The Hall–Kier alpha value is -2.49. The van der Waals surface area contributed by atoms with E-state index in [0.717, 1.165) is 8.14 Å². The fourth-order valence-corrected chi connectivity index (χ4v) is 2.67. The highest BCUT2D eigenvalue weighted by atomic mass is 127. The molecule has 24 heavy (non-hydrogen) atoms. The van der Waals surface area contributed by atoms with E-state index < -0.39 is 17.2 Å². The summed E-state index contributed by atoms with van der Waals surface area (Å²) in [5.74, 6) is -0.411. The molecule has 0 bridgehead atoms. The third-order valence-corrected chi connectivity index (χ3v) is 4.36. The van der Waals surface area contributed by atoms with E-state index in [0.29, 0.717) is 5.69 Å². The summed E-state index contributed by atoms with van der Waals surface area (Å²) in [6, 6.07) is 10.3. The highest BCUT2D eigenvalue weighted by Crippen LogP contribution is 2.13. The lowest BCUT2D eigenvalue weighted by Crippen LogP contribution is -2.37. The van der Waals surface area contributed by atoms with Gasteiger partial charge < -0.3 is 5.32 Å². The Labute approximate surface area is 150 Å². The molecule has 0 aliphatic rings. The molecule has 0 aliphatic heterocycles. The lowest BCUT2D eigenvalue weighted by atomic mass is 10.2. The van der Waals surface area contributed by atoms with Gasteiger partial charge in [-0.15, -0.1) is 0 Å². The first-order chi connectivity index (χ1) is 11.4. The van der Waals surface area contributed by atoms with Crippen molar-refractivity contribution in [1.29, 1.82) is 0 Å².